The Morgan fingerprint density at radius 3 is 2.81 bits per heavy atom. The maximum absolute atomic E-state index is 9.65. The summed E-state index contributed by atoms with van der Waals surface area (Å²) in [4.78, 5) is 11.9. The minimum absolute atomic E-state index is 0.00470. The molecule has 0 aliphatic carbocycles. The molecule has 2 aromatic heterocycles. The van der Waals surface area contributed by atoms with Crippen molar-refractivity contribution in [3.05, 3.63) is 10.4 Å². The zero-order chi connectivity index (χ0) is 18.7. The summed E-state index contributed by atoms with van der Waals surface area (Å²) in [6.07, 6.45) is 3.80. The predicted molar refractivity (Wildman–Crippen MR) is 110 cm³/mol. The first-order valence-electron chi connectivity index (χ1n) is 9.50. The first kappa shape index (κ1) is 19.9. The van der Waals surface area contributed by atoms with E-state index in [2.05, 4.69) is 33.0 Å². The number of fused-ring (bicyclic) bond motifs is 3. The average molecular weight is 396 g/mol. The second-order valence-electron chi connectivity index (χ2n) is 7.09. The van der Waals surface area contributed by atoms with Crippen LogP contribution in [0.1, 0.15) is 57.4 Å². The summed E-state index contributed by atoms with van der Waals surface area (Å²) in [6, 6.07) is 0.00470. The van der Waals surface area contributed by atoms with E-state index >= 15 is 0 Å². The summed E-state index contributed by atoms with van der Waals surface area (Å²) in [5.41, 5.74) is 1.19. The Kier molecular flexibility index (Phi) is 6.43. The number of nitrogens with one attached hydrogen (secondary N) is 1. The van der Waals surface area contributed by atoms with Crippen LogP contribution in [0.15, 0.2) is 5.16 Å². The Labute approximate surface area is 164 Å². The highest BCUT2D eigenvalue weighted by atomic mass is 32.2. The molecule has 0 unspecified atom stereocenters. The maximum atomic E-state index is 9.65. The van der Waals surface area contributed by atoms with Crippen molar-refractivity contribution < 1.29 is 9.84 Å². The summed E-state index contributed by atoms with van der Waals surface area (Å²) in [5, 5.41) is 15.1. The van der Waals surface area contributed by atoms with Crippen LogP contribution in [0.5, 0.6) is 0 Å². The van der Waals surface area contributed by atoms with Crippen LogP contribution in [0.4, 0.5) is 5.82 Å². The molecule has 0 spiro atoms. The molecule has 2 atom stereocenters. The number of aliphatic hydroxyl groups is 1. The van der Waals surface area contributed by atoms with Gasteiger partial charge in [0.2, 0.25) is 0 Å². The Morgan fingerprint density at radius 1 is 1.35 bits per heavy atom. The summed E-state index contributed by atoms with van der Waals surface area (Å²) in [7, 11) is 0. The molecule has 0 aromatic carbocycles. The van der Waals surface area contributed by atoms with Crippen molar-refractivity contribution in [3.8, 4) is 0 Å². The van der Waals surface area contributed by atoms with Crippen molar-refractivity contribution in [1.29, 1.82) is 0 Å². The maximum Gasteiger partial charge on any atom is 0.190 e. The lowest BCUT2D eigenvalue weighted by molar-refractivity contribution is -0.0542. The van der Waals surface area contributed by atoms with Crippen molar-refractivity contribution in [2.24, 2.45) is 0 Å². The van der Waals surface area contributed by atoms with E-state index in [1.165, 1.54) is 10.4 Å². The summed E-state index contributed by atoms with van der Waals surface area (Å²) >= 11 is 3.42. The van der Waals surface area contributed by atoms with Crippen molar-refractivity contribution in [2.75, 3.05) is 17.7 Å². The number of ether oxygens (including phenoxy) is 1. The quantitative estimate of drug-likeness (QED) is 0.502. The van der Waals surface area contributed by atoms with Gasteiger partial charge in [-0.15, -0.1) is 11.3 Å². The molecular formula is C19H29N3O2S2. The van der Waals surface area contributed by atoms with Gasteiger partial charge in [-0.25, -0.2) is 9.97 Å². The van der Waals surface area contributed by atoms with Crippen LogP contribution in [-0.4, -0.2) is 39.1 Å². The van der Waals surface area contributed by atoms with Gasteiger partial charge in [-0.1, -0.05) is 32.5 Å². The van der Waals surface area contributed by atoms with Crippen molar-refractivity contribution >= 4 is 39.1 Å². The number of hydrogen-bond acceptors (Lipinski definition) is 7. The molecule has 0 fully saturated rings. The van der Waals surface area contributed by atoms with Gasteiger partial charge < -0.3 is 15.2 Å². The zero-order valence-electron chi connectivity index (χ0n) is 16.1. The SMILES string of the molecule is CCCSc1nc(N[C@@H](CC)CO)c2c3c(sc2n1)CO[C@@](C)(CC)C3. The molecule has 1 aliphatic rings. The fraction of sp³-hybridized carbons (Fsp3) is 0.684. The molecule has 0 radical (unpaired) electrons. The molecule has 26 heavy (non-hydrogen) atoms. The molecule has 7 heteroatoms. The van der Waals surface area contributed by atoms with Gasteiger partial charge in [0, 0.05) is 17.1 Å². The molecule has 0 bridgehead atoms. The second kappa shape index (κ2) is 8.42. The number of rotatable bonds is 8. The minimum Gasteiger partial charge on any atom is -0.394 e. The van der Waals surface area contributed by atoms with Crippen LogP contribution in [0.25, 0.3) is 10.2 Å². The third kappa shape index (κ3) is 4.01. The molecule has 3 rings (SSSR count). The van der Waals surface area contributed by atoms with E-state index in [9.17, 15) is 5.11 Å². The Bertz CT molecular complexity index is 761. The van der Waals surface area contributed by atoms with Crippen LogP contribution in [-0.2, 0) is 17.8 Å². The van der Waals surface area contributed by atoms with E-state index in [4.69, 9.17) is 14.7 Å². The van der Waals surface area contributed by atoms with E-state index in [-0.39, 0.29) is 18.2 Å². The fourth-order valence-corrected chi connectivity index (χ4v) is 4.97. The highest BCUT2D eigenvalue weighted by molar-refractivity contribution is 7.99. The molecule has 0 amide bonds. The number of aliphatic hydroxyl groups excluding tert-OH is 1. The lowest BCUT2D eigenvalue weighted by atomic mass is 9.90. The van der Waals surface area contributed by atoms with E-state index in [1.807, 2.05) is 0 Å². The predicted octanol–water partition coefficient (Wildman–Crippen LogP) is 4.62. The number of hydrogen-bond donors (Lipinski definition) is 2. The zero-order valence-corrected chi connectivity index (χ0v) is 17.7. The number of nitrogens with zero attached hydrogens (tertiary/aromatic N) is 2. The largest absolute Gasteiger partial charge is 0.394 e. The smallest absolute Gasteiger partial charge is 0.190 e. The van der Waals surface area contributed by atoms with Gasteiger partial charge >= 0.3 is 0 Å². The van der Waals surface area contributed by atoms with Crippen LogP contribution in [0, 0.1) is 0 Å². The first-order valence-corrected chi connectivity index (χ1v) is 11.3. The molecular weight excluding hydrogens is 366 g/mol. The number of anilines is 1. The van der Waals surface area contributed by atoms with Gasteiger partial charge in [-0.3, -0.25) is 0 Å². The normalized spacial score (nSPS) is 21.0. The standard InChI is InChI=1S/C19H29N3O2S2/c1-5-8-25-18-21-16(20-12(6-2)10-23)15-13-9-19(4,7-3)24-11-14(13)26-17(15)22-18/h12,23H,5-11H2,1-4H3,(H,20,21,22)/t12-,19-/m0/s1. The fourth-order valence-electron chi connectivity index (χ4n) is 3.11. The average Bonchev–Trinajstić information content (AvgIpc) is 3.01. The lowest BCUT2D eigenvalue weighted by Crippen LogP contribution is -2.34. The number of thioether (sulfide) groups is 1. The van der Waals surface area contributed by atoms with Gasteiger partial charge in [-0.2, -0.15) is 0 Å². The van der Waals surface area contributed by atoms with E-state index in [1.54, 1.807) is 23.1 Å². The second-order valence-corrected chi connectivity index (χ2v) is 9.23. The van der Waals surface area contributed by atoms with Gasteiger partial charge in [0.25, 0.3) is 0 Å². The van der Waals surface area contributed by atoms with Gasteiger partial charge in [0.15, 0.2) is 5.16 Å². The Hall–Kier alpha value is -0.890. The molecule has 2 N–H and O–H groups in total. The highest BCUT2D eigenvalue weighted by Crippen LogP contribution is 2.42. The van der Waals surface area contributed by atoms with Crippen LogP contribution < -0.4 is 5.32 Å². The molecule has 0 saturated carbocycles. The van der Waals surface area contributed by atoms with Crippen LogP contribution in [0.3, 0.4) is 0 Å². The third-order valence-corrected chi connectivity index (χ3v) is 7.21. The molecule has 3 heterocycles. The lowest BCUT2D eigenvalue weighted by Gasteiger charge is -2.33. The number of thiophene rings is 1. The summed E-state index contributed by atoms with van der Waals surface area (Å²) < 4.78 is 6.13. The highest BCUT2D eigenvalue weighted by Gasteiger charge is 2.33. The van der Waals surface area contributed by atoms with Gasteiger partial charge in [0.05, 0.1) is 30.2 Å². The first-order chi connectivity index (χ1) is 12.5. The number of aromatic nitrogens is 2. The molecule has 144 valence electrons. The minimum atomic E-state index is -0.130. The van der Waals surface area contributed by atoms with Crippen molar-refractivity contribution in [1.82, 2.24) is 9.97 Å². The van der Waals surface area contributed by atoms with Crippen LogP contribution in [0.2, 0.25) is 0 Å². The Balaban J connectivity index is 2.09. The molecule has 0 saturated heterocycles. The van der Waals surface area contributed by atoms with Gasteiger partial charge in [0.1, 0.15) is 10.6 Å². The monoisotopic (exact) mass is 395 g/mol. The summed E-state index contributed by atoms with van der Waals surface area (Å²) in [5.74, 6) is 1.87. The van der Waals surface area contributed by atoms with E-state index in [0.717, 1.165) is 52.6 Å². The van der Waals surface area contributed by atoms with Crippen LogP contribution >= 0.6 is 23.1 Å². The molecule has 5 nitrogen and oxygen atoms in total. The van der Waals surface area contributed by atoms with Crippen molar-refractivity contribution in [2.45, 2.75) is 76.8 Å². The van der Waals surface area contributed by atoms with E-state index in [0.29, 0.717) is 6.61 Å². The third-order valence-electron chi connectivity index (χ3n) is 5.05. The molecule has 2 aromatic rings. The topological polar surface area (TPSA) is 67.3 Å². The van der Waals surface area contributed by atoms with Gasteiger partial charge in [-0.05, 0) is 31.7 Å². The van der Waals surface area contributed by atoms with Crippen molar-refractivity contribution in [3.63, 3.8) is 0 Å². The Morgan fingerprint density at radius 2 is 2.15 bits per heavy atom. The molecule has 1 aliphatic heterocycles. The summed E-state index contributed by atoms with van der Waals surface area (Å²) in [6.45, 7) is 9.34. The van der Waals surface area contributed by atoms with E-state index < -0.39 is 0 Å².